The van der Waals surface area contributed by atoms with E-state index in [1.54, 1.807) is 0 Å². The van der Waals surface area contributed by atoms with Crippen LogP contribution in [0.1, 0.15) is 0 Å². The number of halogens is 1. The third-order valence-corrected chi connectivity index (χ3v) is 5.20. The monoisotopic (exact) mass is 392 g/mol. The van der Waals surface area contributed by atoms with Gasteiger partial charge in [0, 0.05) is 11.1 Å². The molecule has 0 saturated carbocycles. The van der Waals surface area contributed by atoms with Crippen LogP contribution in [0.15, 0.2) is 103 Å². The topological polar surface area (TPSA) is 25.8 Å². The van der Waals surface area contributed by atoms with Crippen LogP contribution in [-0.2, 0) is 0 Å². The molecule has 0 amide bonds. The van der Waals surface area contributed by atoms with Crippen LogP contribution in [0.25, 0.3) is 44.4 Å². The molecule has 0 unspecified atom stereocenters. The Hall–Kier alpha value is -3.49. The summed E-state index contributed by atoms with van der Waals surface area (Å²) in [5.41, 5.74) is 6.01. The Morgan fingerprint density at radius 2 is 1.17 bits per heavy atom. The molecule has 4 aromatic carbocycles. The van der Waals surface area contributed by atoms with E-state index in [1.165, 1.54) is 10.9 Å². The quantitative estimate of drug-likeness (QED) is 0.301. The van der Waals surface area contributed by atoms with E-state index in [1.807, 2.05) is 48.5 Å². The van der Waals surface area contributed by atoms with Crippen molar-refractivity contribution in [3.05, 3.63) is 108 Å². The molecule has 0 fully saturated rings. The largest absolute Gasteiger partial charge is 0.223 e. The molecular formula is C26H17ClN2. The Labute approximate surface area is 174 Å². The lowest BCUT2D eigenvalue weighted by Crippen LogP contribution is -1.93. The zero-order valence-corrected chi connectivity index (χ0v) is 16.3. The molecule has 5 rings (SSSR count). The van der Waals surface area contributed by atoms with E-state index in [0.29, 0.717) is 0 Å². The first-order valence-corrected chi connectivity index (χ1v) is 9.84. The first-order valence-electron chi connectivity index (χ1n) is 9.46. The molecule has 1 heterocycles. The summed E-state index contributed by atoms with van der Waals surface area (Å²) < 4.78 is 0. The highest BCUT2D eigenvalue weighted by molar-refractivity contribution is 6.28. The van der Waals surface area contributed by atoms with E-state index in [2.05, 4.69) is 64.6 Å². The molecule has 0 saturated heterocycles. The molecule has 3 heteroatoms. The number of fused-ring (bicyclic) bond motifs is 1. The van der Waals surface area contributed by atoms with Crippen molar-refractivity contribution in [2.24, 2.45) is 0 Å². The number of rotatable bonds is 3. The molecule has 0 atom stereocenters. The maximum Gasteiger partial charge on any atom is 0.223 e. The summed E-state index contributed by atoms with van der Waals surface area (Å²) in [5, 5.41) is 2.57. The zero-order valence-electron chi connectivity index (χ0n) is 15.6. The predicted molar refractivity (Wildman–Crippen MR) is 121 cm³/mol. The van der Waals surface area contributed by atoms with Gasteiger partial charge in [0.05, 0.1) is 11.4 Å². The van der Waals surface area contributed by atoms with Gasteiger partial charge in [-0.15, -0.1) is 0 Å². The second-order valence-electron chi connectivity index (χ2n) is 6.88. The van der Waals surface area contributed by atoms with Crippen LogP contribution in [0.5, 0.6) is 0 Å². The van der Waals surface area contributed by atoms with Crippen LogP contribution in [0, 0.1) is 0 Å². The van der Waals surface area contributed by atoms with Gasteiger partial charge in [-0.05, 0) is 45.6 Å². The molecule has 5 aromatic rings. The molecular weight excluding hydrogens is 376 g/mol. The molecule has 29 heavy (non-hydrogen) atoms. The summed E-state index contributed by atoms with van der Waals surface area (Å²) >= 11 is 6.34. The average Bonchev–Trinajstić information content (AvgIpc) is 2.79. The van der Waals surface area contributed by atoms with E-state index in [9.17, 15) is 0 Å². The fourth-order valence-electron chi connectivity index (χ4n) is 3.64. The van der Waals surface area contributed by atoms with Crippen molar-refractivity contribution >= 4 is 22.4 Å². The predicted octanol–water partition coefficient (Wildman–Crippen LogP) is 7.28. The molecule has 1 aromatic heterocycles. The smallest absolute Gasteiger partial charge is 0.218 e. The second kappa shape index (κ2) is 7.50. The lowest BCUT2D eigenvalue weighted by atomic mass is 9.99. The highest BCUT2D eigenvalue weighted by Gasteiger charge is 2.11. The first kappa shape index (κ1) is 17.6. The van der Waals surface area contributed by atoms with Gasteiger partial charge in [0.2, 0.25) is 5.28 Å². The molecule has 0 spiro atoms. The van der Waals surface area contributed by atoms with Crippen LogP contribution < -0.4 is 0 Å². The number of aromatic nitrogens is 2. The maximum absolute atomic E-state index is 6.34. The minimum atomic E-state index is 0.246. The lowest BCUT2D eigenvalue weighted by molar-refractivity contribution is 1.18. The van der Waals surface area contributed by atoms with E-state index in [4.69, 9.17) is 11.6 Å². The van der Waals surface area contributed by atoms with E-state index in [-0.39, 0.29) is 5.28 Å². The Morgan fingerprint density at radius 1 is 0.517 bits per heavy atom. The molecule has 0 aliphatic heterocycles. The number of benzene rings is 4. The maximum atomic E-state index is 6.34. The third kappa shape index (κ3) is 3.51. The summed E-state index contributed by atoms with van der Waals surface area (Å²) in [4.78, 5) is 9.01. The summed E-state index contributed by atoms with van der Waals surface area (Å²) in [6.07, 6.45) is 0. The normalized spacial score (nSPS) is 10.9. The van der Waals surface area contributed by atoms with Gasteiger partial charge in [-0.1, -0.05) is 91.0 Å². The van der Waals surface area contributed by atoms with Gasteiger partial charge in [-0.3, -0.25) is 0 Å². The van der Waals surface area contributed by atoms with Crippen molar-refractivity contribution in [1.29, 1.82) is 0 Å². The van der Waals surface area contributed by atoms with Gasteiger partial charge in [0.15, 0.2) is 0 Å². The molecule has 0 aliphatic rings. The van der Waals surface area contributed by atoms with Crippen LogP contribution in [0.2, 0.25) is 5.28 Å². The molecule has 0 radical (unpaired) electrons. The third-order valence-electron chi connectivity index (χ3n) is 5.03. The van der Waals surface area contributed by atoms with Crippen molar-refractivity contribution in [3.8, 4) is 33.6 Å². The van der Waals surface area contributed by atoms with Crippen molar-refractivity contribution < 1.29 is 0 Å². The van der Waals surface area contributed by atoms with Gasteiger partial charge in [-0.2, -0.15) is 0 Å². The fourth-order valence-corrected chi connectivity index (χ4v) is 3.82. The van der Waals surface area contributed by atoms with Gasteiger partial charge in [0.1, 0.15) is 0 Å². The van der Waals surface area contributed by atoms with Crippen molar-refractivity contribution in [3.63, 3.8) is 0 Å². The molecule has 138 valence electrons. The van der Waals surface area contributed by atoms with Gasteiger partial charge in [0.25, 0.3) is 0 Å². The van der Waals surface area contributed by atoms with Gasteiger partial charge >= 0.3 is 0 Å². The molecule has 0 aliphatic carbocycles. The van der Waals surface area contributed by atoms with Crippen molar-refractivity contribution in [2.75, 3.05) is 0 Å². The van der Waals surface area contributed by atoms with Gasteiger partial charge in [-0.25, -0.2) is 9.97 Å². The number of hydrogen-bond acceptors (Lipinski definition) is 2. The summed E-state index contributed by atoms with van der Waals surface area (Å²) in [5.74, 6) is 0. The number of hydrogen-bond donors (Lipinski definition) is 0. The Kier molecular flexibility index (Phi) is 4.55. The summed E-state index contributed by atoms with van der Waals surface area (Å²) in [6.45, 7) is 0. The van der Waals surface area contributed by atoms with E-state index in [0.717, 1.165) is 33.5 Å². The van der Waals surface area contributed by atoms with Crippen LogP contribution in [0.4, 0.5) is 0 Å². The molecule has 2 nitrogen and oxygen atoms in total. The number of nitrogens with zero attached hydrogens (tertiary/aromatic N) is 2. The molecule has 0 N–H and O–H groups in total. The Bertz CT molecular complexity index is 1310. The van der Waals surface area contributed by atoms with Crippen LogP contribution in [-0.4, -0.2) is 9.97 Å². The minimum Gasteiger partial charge on any atom is -0.218 e. The summed E-state index contributed by atoms with van der Waals surface area (Å²) in [7, 11) is 0. The van der Waals surface area contributed by atoms with E-state index < -0.39 is 0 Å². The van der Waals surface area contributed by atoms with Gasteiger partial charge < -0.3 is 0 Å². The summed E-state index contributed by atoms with van der Waals surface area (Å²) in [6, 6.07) is 35.2. The Morgan fingerprint density at radius 3 is 2.07 bits per heavy atom. The zero-order chi connectivity index (χ0) is 19.6. The standard InChI is InChI=1S/C26H17ClN2/c27-26-28-24(21-13-6-12-20(16-21)18-8-2-1-3-9-18)17-25(29-26)23-15-7-11-19-10-4-5-14-22(19)23/h1-17H. The van der Waals surface area contributed by atoms with Crippen molar-refractivity contribution in [1.82, 2.24) is 9.97 Å². The average molecular weight is 393 g/mol. The first-order chi connectivity index (χ1) is 14.3. The minimum absolute atomic E-state index is 0.246. The van der Waals surface area contributed by atoms with Crippen LogP contribution >= 0.6 is 11.6 Å². The lowest BCUT2D eigenvalue weighted by Gasteiger charge is -2.10. The fraction of sp³-hybridized carbons (Fsp3) is 0. The van der Waals surface area contributed by atoms with Crippen LogP contribution in [0.3, 0.4) is 0 Å². The highest BCUT2D eigenvalue weighted by atomic mass is 35.5. The highest BCUT2D eigenvalue weighted by Crippen LogP contribution is 2.32. The van der Waals surface area contributed by atoms with E-state index >= 15 is 0 Å². The SMILES string of the molecule is Clc1nc(-c2cccc(-c3ccccc3)c2)cc(-c2cccc3ccccc23)n1. The Balaban J connectivity index is 1.64. The second-order valence-corrected chi connectivity index (χ2v) is 7.22. The molecule has 0 bridgehead atoms. The van der Waals surface area contributed by atoms with Crippen molar-refractivity contribution in [2.45, 2.75) is 0 Å².